The van der Waals surface area contributed by atoms with Crippen LogP contribution in [-0.2, 0) is 11.3 Å². The lowest BCUT2D eigenvalue weighted by molar-refractivity contribution is -0.115. The van der Waals surface area contributed by atoms with E-state index in [0.29, 0.717) is 45.1 Å². The molecule has 1 aliphatic rings. The summed E-state index contributed by atoms with van der Waals surface area (Å²) < 4.78 is 24.3. The molecule has 0 spiro atoms. The van der Waals surface area contributed by atoms with Gasteiger partial charge in [-0.25, -0.2) is 4.39 Å². The second kappa shape index (κ2) is 10.9. The number of ether oxygens (including phenoxy) is 2. The number of hydrogen-bond acceptors (Lipinski definition) is 5. The third-order valence-corrected chi connectivity index (χ3v) is 5.99. The summed E-state index contributed by atoms with van der Waals surface area (Å²) >= 11 is 0. The van der Waals surface area contributed by atoms with Crippen molar-refractivity contribution in [2.24, 2.45) is 0 Å². The monoisotopic (exact) mass is 509 g/mol. The molecule has 4 N–H and O–H groups in total. The Bertz CT molecular complexity index is 1520. The summed E-state index contributed by atoms with van der Waals surface area (Å²) in [5, 5.41) is 5.71. The number of hydrogen-bond donors (Lipinski definition) is 3. The molecule has 0 saturated carbocycles. The van der Waals surface area contributed by atoms with Crippen molar-refractivity contribution in [3.8, 4) is 11.5 Å². The Hall–Kier alpha value is -5.11. The van der Waals surface area contributed by atoms with E-state index in [1.165, 1.54) is 12.1 Å². The molecule has 0 unspecified atom stereocenters. The zero-order valence-electron chi connectivity index (χ0n) is 20.2. The summed E-state index contributed by atoms with van der Waals surface area (Å²) in [5.41, 5.74) is 9.86. The van der Waals surface area contributed by atoms with E-state index < -0.39 is 0 Å². The van der Waals surface area contributed by atoms with Gasteiger partial charge in [-0.1, -0.05) is 42.5 Å². The zero-order chi connectivity index (χ0) is 26.5. The lowest BCUT2D eigenvalue weighted by Gasteiger charge is -2.12. The van der Waals surface area contributed by atoms with E-state index >= 15 is 0 Å². The Morgan fingerprint density at radius 1 is 0.868 bits per heavy atom. The van der Waals surface area contributed by atoms with Crippen molar-refractivity contribution >= 4 is 34.8 Å². The van der Waals surface area contributed by atoms with Crippen molar-refractivity contribution < 1.29 is 23.5 Å². The Morgan fingerprint density at radius 3 is 2.34 bits per heavy atom. The van der Waals surface area contributed by atoms with Gasteiger partial charge in [0.1, 0.15) is 5.82 Å². The number of fused-ring (bicyclic) bond motifs is 1. The average Bonchev–Trinajstić information content (AvgIpc) is 3.41. The van der Waals surface area contributed by atoms with Gasteiger partial charge in [0.15, 0.2) is 11.5 Å². The van der Waals surface area contributed by atoms with Crippen LogP contribution < -0.4 is 25.8 Å². The van der Waals surface area contributed by atoms with Crippen molar-refractivity contribution in [1.82, 2.24) is 5.32 Å². The van der Waals surface area contributed by atoms with Gasteiger partial charge in [0, 0.05) is 17.7 Å². The first-order chi connectivity index (χ1) is 18.5. The Kier molecular flexibility index (Phi) is 7.04. The maximum absolute atomic E-state index is 13.4. The van der Waals surface area contributed by atoms with Crippen LogP contribution in [0.4, 0.5) is 15.8 Å². The van der Waals surface area contributed by atoms with Crippen molar-refractivity contribution in [2.45, 2.75) is 6.54 Å². The number of anilines is 2. The highest BCUT2D eigenvalue weighted by molar-refractivity contribution is 6.24. The molecular weight excluding hydrogens is 485 g/mol. The number of carbonyl (C=O) groups is 2. The normalized spacial score (nSPS) is 12.2. The number of nitrogens with one attached hydrogen (secondary N) is 2. The van der Waals surface area contributed by atoms with Crippen LogP contribution in [0.15, 0.2) is 91.0 Å². The predicted molar refractivity (Wildman–Crippen MR) is 144 cm³/mol. The fourth-order valence-electron chi connectivity index (χ4n) is 3.93. The summed E-state index contributed by atoms with van der Waals surface area (Å²) in [6, 6.07) is 25.1. The van der Waals surface area contributed by atoms with Gasteiger partial charge in [-0.05, 0) is 71.3 Å². The quantitative estimate of drug-likeness (QED) is 0.180. The number of para-hydroxylation sites is 2. The van der Waals surface area contributed by atoms with Gasteiger partial charge < -0.3 is 25.8 Å². The number of amides is 2. The van der Waals surface area contributed by atoms with Gasteiger partial charge in [-0.2, -0.15) is 0 Å². The molecule has 0 atom stereocenters. The van der Waals surface area contributed by atoms with E-state index in [4.69, 9.17) is 15.2 Å². The van der Waals surface area contributed by atoms with Crippen molar-refractivity contribution in [3.63, 3.8) is 0 Å². The molecular formula is C30H24FN3O4. The minimum absolute atomic E-state index is 0.120. The van der Waals surface area contributed by atoms with Crippen LogP contribution in [0.3, 0.4) is 0 Å². The molecule has 0 saturated heterocycles. The Balaban J connectivity index is 1.30. The average molecular weight is 510 g/mol. The summed E-state index contributed by atoms with van der Waals surface area (Å²) in [4.78, 5) is 25.9. The maximum Gasteiger partial charge on any atom is 0.255 e. The lowest BCUT2D eigenvalue weighted by atomic mass is 10.0. The van der Waals surface area contributed by atoms with Gasteiger partial charge in [0.25, 0.3) is 11.8 Å². The molecule has 0 fully saturated rings. The van der Waals surface area contributed by atoms with Gasteiger partial charge >= 0.3 is 0 Å². The Morgan fingerprint density at radius 2 is 1.58 bits per heavy atom. The molecule has 8 heteroatoms. The summed E-state index contributed by atoms with van der Waals surface area (Å²) in [6.45, 7) is 0.354. The minimum atomic E-state index is -0.361. The highest BCUT2D eigenvalue weighted by Gasteiger charge is 2.18. The first-order valence-electron chi connectivity index (χ1n) is 11.9. The molecule has 5 rings (SSSR count). The van der Waals surface area contributed by atoms with E-state index in [1.807, 2.05) is 0 Å². The van der Waals surface area contributed by atoms with Crippen LogP contribution in [0, 0.1) is 5.82 Å². The van der Waals surface area contributed by atoms with Crippen LogP contribution in [-0.4, -0.2) is 18.6 Å². The number of nitrogens with two attached hydrogens (primary N) is 1. The molecule has 0 aromatic heterocycles. The molecule has 1 aliphatic heterocycles. The number of rotatable bonds is 7. The fraction of sp³-hybridized carbons (Fsp3) is 0.0667. The number of nitrogen functional groups attached to an aromatic ring is 1. The first kappa shape index (κ1) is 24.6. The smallest absolute Gasteiger partial charge is 0.255 e. The molecule has 4 aromatic carbocycles. The second-order valence-electron chi connectivity index (χ2n) is 8.60. The van der Waals surface area contributed by atoms with Crippen LogP contribution >= 0.6 is 0 Å². The van der Waals surface area contributed by atoms with Crippen LogP contribution in [0.25, 0.3) is 11.6 Å². The Labute approximate surface area is 218 Å². The van der Waals surface area contributed by atoms with E-state index in [0.717, 1.165) is 5.56 Å². The fourth-order valence-corrected chi connectivity index (χ4v) is 3.93. The molecule has 0 aliphatic carbocycles. The third kappa shape index (κ3) is 5.65. The zero-order valence-corrected chi connectivity index (χ0v) is 20.2. The van der Waals surface area contributed by atoms with E-state index in [9.17, 15) is 14.0 Å². The largest absolute Gasteiger partial charge is 0.454 e. The van der Waals surface area contributed by atoms with Crippen molar-refractivity contribution in [3.05, 3.63) is 119 Å². The first-order valence-corrected chi connectivity index (χ1v) is 11.9. The van der Waals surface area contributed by atoms with Crippen LogP contribution in [0.1, 0.15) is 27.0 Å². The number of halogens is 1. The summed E-state index contributed by atoms with van der Waals surface area (Å²) in [5.74, 6) is 0.182. The topological polar surface area (TPSA) is 103 Å². The summed E-state index contributed by atoms with van der Waals surface area (Å²) in [6.07, 6.45) is 1.69. The maximum atomic E-state index is 13.4. The highest BCUT2D eigenvalue weighted by Crippen LogP contribution is 2.35. The molecule has 0 radical (unpaired) electrons. The molecule has 7 nitrogen and oxygen atoms in total. The number of benzene rings is 4. The lowest BCUT2D eigenvalue weighted by Crippen LogP contribution is -2.24. The molecule has 38 heavy (non-hydrogen) atoms. The SMILES string of the molecule is Nc1ccccc1NC(=O)c1ccc(CNC(=O)/C(=C/c2ccc(F)cc2)c2ccc3c(c2)OCO3)cc1. The van der Waals surface area contributed by atoms with Gasteiger partial charge in [0.05, 0.1) is 11.4 Å². The number of carbonyl (C=O) groups excluding carboxylic acids is 2. The van der Waals surface area contributed by atoms with E-state index in [-0.39, 0.29) is 31.0 Å². The minimum Gasteiger partial charge on any atom is -0.454 e. The molecule has 2 amide bonds. The predicted octanol–water partition coefficient (Wildman–Crippen LogP) is 5.25. The van der Waals surface area contributed by atoms with E-state index in [1.54, 1.807) is 84.9 Å². The standard InChI is InChI=1S/C30H24FN3O4/c31-23-12-7-19(8-13-23)15-24(22-11-14-27-28(16-22)38-18-37-27)30(36)33-17-20-5-9-21(10-6-20)29(35)34-26-4-2-1-3-25(26)32/h1-16H,17-18,32H2,(H,33,36)(H,34,35)/b24-15+. The van der Waals surface area contributed by atoms with Crippen molar-refractivity contribution in [1.29, 1.82) is 0 Å². The van der Waals surface area contributed by atoms with E-state index in [2.05, 4.69) is 10.6 Å². The molecule has 190 valence electrons. The van der Waals surface area contributed by atoms with Crippen LogP contribution in [0.5, 0.6) is 11.5 Å². The molecule has 0 bridgehead atoms. The van der Waals surface area contributed by atoms with Gasteiger partial charge in [0.2, 0.25) is 6.79 Å². The van der Waals surface area contributed by atoms with Gasteiger partial charge in [-0.15, -0.1) is 0 Å². The van der Waals surface area contributed by atoms with Gasteiger partial charge in [-0.3, -0.25) is 9.59 Å². The van der Waals surface area contributed by atoms with Crippen LogP contribution in [0.2, 0.25) is 0 Å². The highest BCUT2D eigenvalue weighted by atomic mass is 19.1. The van der Waals surface area contributed by atoms with Crippen molar-refractivity contribution in [2.75, 3.05) is 17.8 Å². The second-order valence-corrected chi connectivity index (χ2v) is 8.60. The molecule has 4 aromatic rings. The summed E-state index contributed by atoms with van der Waals surface area (Å²) in [7, 11) is 0. The molecule has 1 heterocycles. The third-order valence-electron chi connectivity index (χ3n) is 5.99.